The number of anilines is 1. The van der Waals surface area contributed by atoms with Gasteiger partial charge in [-0.25, -0.2) is 16.8 Å². The second-order valence-electron chi connectivity index (χ2n) is 6.96. The van der Waals surface area contributed by atoms with Crippen LogP contribution in [0.1, 0.15) is 38.2 Å². The summed E-state index contributed by atoms with van der Waals surface area (Å²) in [5.74, 6) is 0.319. The largest absolute Gasteiger partial charge is 0.280 e. The van der Waals surface area contributed by atoms with E-state index in [2.05, 4.69) is 4.72 Å². The van der Waals surface area contributed by atoms with Gasteiger partial charge in [0, 0.05) is 18.8 Å². The van der Waals surface area contributed by atoms with Crippen LogP contribution in [-0.2, 0) is 20.0 Å². The maximum Gasteiger partial charge on any atom is 0.261 e. The van der Waals surface area contributed by atoms with Crippen LogP contribution in [0.5, 0.6) is 0 Å². The SMILES string of the molecule is CC(C)c1ccc(S(=O)(=O)Nc2ccc(S(=O)(=O)N3CCCC3)cc2)cc1. The molecule has 1 saturated heterocycles. The molecule has 1 N–H and O–H groups in total. The molecule has 0 spiro atoms. The molecule has 0 aliphatic carbocycles. The highest BCUT2D eigenvalue weighted by atomic mass is 32.2. The monoisotopic (exact) mass is 408 g/mol. The van der Waals surface area contributed by atoms with Crippen molar-refractivity contribution in [3.63, 3.8) is 0 Å². The van der Waals surface area contributed by atoms with Gasteiger partial charge in [0.25, 0.3) is 10.0 Å². The maximum atomic E-state index is 12.5. The zero-order valence-corrected chi connectivity index (χ0v) is 17.1. The summed E-state index contributed by atoms with van der Waals surface area (Å²) in [7, 11) is -7.24. The topological polar surface area (TPSA) is 83.5 Å². The first-order valence-electron chi connectivity index (χ1n) is 8.93. The van der Waals surface area contributed by atoms with Crippen LogP contribution in [0, 0.1) is 0 Å². The molecule has 0 atom stereocenters. The minimum Gasteiger partial charge on any atom is -0.280 e. The fraction of sp³-hybridized carbons (Fsp3) is 0.368. The Labute approximate surface area is 161 Å². The minimum absolute atomic E-state index is 0.167. The number of hydrogen-bond acceptors (Lipinski definition) is 4. The highest BCUT2D eigenvalue weighted by Crippen LogP contribution is 2.24. The van der Waals surface area contributed by atoms with Crippen molar-refractivity contribution < 1.29 is 16.8 Å². The summed E-state index contributed by atoms with van der Waals surface area (Å²) in [5, 5.41) is 0. The lowest BCUT2D eigenvalue weighted by molar-refractivity contribution is 0.477. The Bertz CT molecular complexity index is 991. The zero-order valence-electron chi connectivity index (χ0n) is 15.4. The van der Waals surface area contributed by atoms with Crippen LogP contribution in [0.3, 0.4) is 0 Å². The van der Waals surface area contributed by atoms with E-state index in [1.54, 1.807) is 24.3 Å². The van der Waals surface area contributed by atoms with E-state index < -0.39 is 20.0 Å². The van der Waals surface area contributed by atoms with E-state index in [-0.39, 0.29) is 9.79 Å². The molecule has 0 unspecified atom stereocenters. The first-order valence-corrected chi connectivity index (χ1v) is 11.9. The molecule has 0 radical (unpaired) electrons. The smallest absolute Gasteiger partial charge is 0.261 e. The quantitative estimate of drug-likeness (QED) is 0.794. The van der Waals surface area contributed by atoms with Crippen LogP contribution >= 0.6 is 0 Å². The number of benzene rings is 2. The summed E-state index contributed by atoms with van der Waals surface area (Å²) < 4.78 is 54.1. The van der Waals surface area contributed by atoms with Crippen LogP contribution in [-0.4, -0.2) is 34.2 Å². The van der Waals surface area contributed by atoms with E-state index in [9.17, 15) is 16.8 Å². The number of nitrogens with one attached hydrogen (secondary N) is 1. The highest BCUT2D eigenvalue weighted by molar-refractivity contribution is 7.92. The fourth-order valence-electron chi connectivity index (χ4n) is 3.02. The number of rotatable bonds is 6. The Morgan fingerprint density at radius 3 is 1.85 bits per heavy atom. The Morgan fingerprint density at radius 1 is 0.815 bits per heavy atom. The molecule has 27 heavy (non-hydrogen) atoms. The molecule has 2 aromatic carbocycles. The Morgan fingerprint density at radius 2 is 1.33 bits per heavy atom. The van der Waals surface area contributed by atoms with E-state index in [1.807, 2.05) is 13.8 Å². The molecule has 1 aliphatic heterocycles. The third kappa shape index (κ3) is 4.34. The van der Waals surface area contributed by atoms with E-state index in [0.717, 1.165) is 18.4 Å². The lowest BCUT2D eigenvalue weighted by atomic mass is 10.0. The van der Waals surface area contributed by atoms with Gasteiger partial charge in [0.2, 0.25) is 10.0 Å². The molecule has 0 bridgehead atoms. The molecule has 0 amide bonds. The second kappa shape index (κ2) is 7.61. The average molecular weight is 409 g/mol. The number of nitrogens with zero attached hydrogens (tertiary/aromatic N) is 1. The van der Waals surface area contributed by atoms with Crippen LogP contribution in [0.15, 0.2) is 58.3 Å². The van der Waals surface area contributed by atoms with Crippen molar-refractivity contribution in [2.75, 3.05) is 17.8 Å². The molecule has 3 rings (SSSR count). The van der Waals surface area contributed by atoms with Gasteiger partial charge in [0.1, 0.15) is 0 Å². The Hall–Kier alpha value is -1.90. The standard InChI is InChI=1S/C19H24N2O4S2/c1-15(2)16-5-9-18(10-6-16)26(22,23)20-17-7-11-19(12-8-17)27(24,25)21-13-3-4-14-21/h5-12,15,20H,3-4,13-14H2,1-2H3. The summed E-state index contributed by atoms with van der Waals surface area (Å²) in [5.41, 5.74) is 1.38. The van der Waals surface area contributed by atoms with Crippen LogP contribution < -0.4 is 4.72 Å². The van der Waals surface area contributed by atoms with Crippen LogP contribution in [0.25, 0.3) is 0 Å². The second-order valence-corrected chi connectivity index (χ2v) is 10.6. The molecular formula is C19H24N2O4S2. The van der Waals surface area contributed by atoms with Crippen molar-refractivity contribution in [3.8, 4) is 0 Å². The van der Waals surface area contributed by atoms with E-state index in [0.29, 0.717) is 24.7 Å². The molecule has 1 aliphatic rings. The van der Waals surface area contributed by atoms with E-state index >= 15 is 0 Å². The van der Waals surface area contributed by atoms with Crippen LogP contribution in [0.4, 0.5) is 5.69 Å². The summed E-state index contributed by atoms with van der Waals surface area (Å²) in [6, 6.07) is 12.6. The predicted molar refractivity (Wildman–Crippen MR) is 106 cm³/mol. The highest BCUT2D eigenvalue weighted by Gasteiger charge is 2.27. The van der Waals surface area contributed by atoms with Gasteiger partial charge in [-0.2, -0.15) is 4.31 Å². The van der Waals surface area contributed by atoms with Crippen molar-refractivity contribution in [3.05, 3.63) is 54.1 Å². The van der Waals surface area contributed by atoms with E-state index in [4.69, 9.17) is 0 Å². The average Bonchev–Trinajstić information content (AvgIpc) is 3.17. The molecule has 1 heterocycles. The lowest BCUT2D eigenvalue weighted by Crippen LogP contribution is -2.27. The van der Waals surface area contributed by atoms with Crippen molar-refractivity contribution in [1.29, 1.82) is 0 Å². The molecular weight excluding hydrogens is 384 g/mol. The summed E-state index contributed by atoms with van der Waals surface area (Å²) >= 11 is 0. The van der Waals surface area contributed by atoms with Gasteiger partial charge in [0.05, 0.1) is 9.79 Å². The van der Waals surface area contributed by atoms with Crippen molar-refractivity contribution in [2.45, 2.75) is 42.4 Å². The molecule has 2 aromatic rings. The van der Waals surface area contributed by atoms with E-state index in [1.165, 1.54) is 28.6 Å². The van der Waals surface area contributed by atoms with Gasteiger partial charge >= 0.3 is 0 Å². The summed E-state index contributed by atoms with van der Waals surface area (Å²) in [6.45, 7) is 5.14. The van der Waals surface area contributed by atoms with Crippen molar-refractivity contribution >= 4 is 25.7 Å². The molecule has 8 heteroatoms. The van der Waals surface area contributed by atoms with Gasteiger partial charge < -0.3 is 0 Å². The normalized spacial score (nSPS) is 16.0. The molecule has 1 fully saturated rings. The molecule has 0 saturated carbocycles. The van der Waals surface area contributed by atoms with Gasteiger partial charge in [-0.15, -0.1) is 0 Å². The maximum absolute atomic E-state index is 12.5. The first-order chi connectivity index (χ1) is 12.7. The number of sulfonamides is 2. The Balaban J connectivity index is 1.77. The predicted octanol–water partition coefficient (Wildman–Crippen LogP) is 3.40. The van der Waals surface area contributed by atoms with Gasteiger partial charge in [0.15, 0.2) is 0 Å². The fourth-order valence-corrected chi connectivity index (χ4v) is 5.59. The van der Waals surface area contributed by atoms with Gasteiger partial charge in [-0.05, 0) is 60.7 Å². The zero-order chi connectivity index (χ0) is 19.7. The minimum atomic E-state index is -3.73. The molecule has 6 nitrogen and oxygen atoms in total. The molecule has 0 aromatic heterocycles. The summed E-state index contributed by atoms with van der Waals surface area (Å²) in [6.07, 6.45) is 1.74. The lowest BCUT2D eigenvalue weighted by Gasteiger charge is -2.16. The Kier molecular flexibility index (Phi) is 5.60. The first kappa shape index (κ1) is 19.9. The molecule has 146 valence electrons. The third-order valence-corrected chi connectivity index (χ3v) is 7.98. The van der Waals surface area contributed by atoms with Crippen LogP contribution in [0.2, 0.25) is 0 Å². The van der Waals surface area contributed by atoms with Gasteiger partial charge in [-0.3, -0.25) is 4.72 Å². The number of hydrogen-bond donors (Lipinski definition) is 1. The van der Waals surface area contributed by atoms with Gasteiger partial charge in [-0.1, -0.05) is 26.0 Å². The third-order valence-electron chi connectivity index (χ3n) is 4.67. The van der Waals surface area contributed by atoms with Crippen molar-refractivity contribution in [1.82, 2.24) is 4.31 Å². The van der Waals surface area contributed by atoms with Crippen molar-refractivity contribution in [2.24, 2.45) is 0 Å². The summed E-state index contributed by atoms with van der Waals surface area (Å²) in [4.78, 5) is 0.342.